The van der Waals surface area contributed by atoms with Crippen molar-refractivity contribution in [3.8, 4) is 0 Å². The number of hydrogen-bond acceptors (Lipinski definition) is 9. The quantitative estimate of drug-likeness (QED) is 0.225. The van der Waals surface area contributed by atoms with E-state index in [-0.39, 0.29) is 36.5 Å². The maximum atomic E-state index is 12.6. The van der Waals surface area contributed by atoms with Crippen LogP contribution in [-0.2, 0) is 23.9 Å². The van der Waals surface area contributed by atoms with Gasteiger partial charge in [-0.3, -0.25) is 30.3 Å². The number of carbonyl (C=O) groups is 3. The SMILES string of the molecule is CC(C)(C)OC(=O)CNC(=O)C1CCC(C2CNC(NC3CCC(OCCN4CCCC(C(N)=O)C4)CC3)NC2)CC1. The van der Waals surface area contributed by atoms with Crippen molar-refractivity contribution in [3.05, 3.63) is 0 Å². The van der Waals surface area contributed by atoms with Gasteiger partial charge in [-0.1, -0.05) is 0 Å². The molecule has 42 heavy (non-hydrogen) atoms. The van der Waals surface area contributed by atoms with Crippen LogP contribution < -0.4 is 27.0 Å². The molecular formula is C31H56N6O5. The molecule has 4 rings (SSSR count). The van der Waals surface area contributed by atoms with E-state index in [0.717, 1.165) is 104 Å². The summed E-state index contributed by atoms with van der Waals surface area (Å²) in [5.41, 5.74) is 4.96. The maximum Gasteiger partial charge on any atom is 0.325 e. The fourth-order valence-corrected chi connectivity index (χ4v) is 7.14. The van der Waals surface area contributed by atoms with Gasteiger partial charge in [-0.2, -0.15) is 0 Å². The molecule has 4 fully saturated rings. The number of amides is 2. The molecule has 6 N–H and O–H groups in total. The Kier molecular flexibility index (Phi) is 12.4. The molecule has 0 spiro atoms. The van der Waals surface area contributed by atoms with Crippen LogP contribution in [0.15, 0.2) is 0 Å². The van der Waals surface area contributed by atoms with Crippen LogP contribution in [0.3, 0.4) is 0 Å². The number of primary amides is 1. The minimum Gasteiger partial charge on any atom is -0.459 e. The molecule has 0 aromatic heterocycles. The third kappa shape index (κ3) is 10.7. The van der Waals surface area contributed by atoms with Crippen molar-refractivity contribution in [1.29, 1.82) is 0 Å². The van der Waals surface area contributed by atoms with Gasteiger partial charge in [0.05, 0.1) is 18.6 Å². The highest BCUT2D eigenvalue weighted by Gasteiger charge is 2.34. The van der Waals surface area contributed by atoms with E-state index in [9.17, 15) is 14.4 Å². The predicted molar refractivity (Wildman–Crippen MR) is 161 cm³/mol. The van der Waals surface area contributed by atoms with Crippen LogP contribution in [0.25, 0.3) is 0 Å². The normalized spacial score (nSPS) is 33.1. The van der Waals surface area contributed by atoms with E-state index in [1.807, 2.05) is 20.8 Å². The lowest BCUT2D eigenvalue weighted by Gasteiger charge is -2.40. The molecule has 11 heteroatoms. The average Bonchev–Trinajstić information content (AvgIpc) is 2.96. The Morgan fingerprint density at radius 2 is 1.60 bits per heavy atom. The summed E-state index contributed by atoms with van der Waals surface area (Å²) >= 11 is 0. The zero-order valence-electron chi connectivity index (χ0n) is 26.1. The molecule has 0 radical (unpaired) electrons. The van der Waals surface area contributed by atoms with Gasteiger partial charge in [0.25, 0.3) is 0 Å². The predicted octanol–water partition coefficient (Wildman–Crippen LogP) is 1.46. The summed E-state index contributed by atoms with van der Waals surface area (Å²) in [6.07, 6.45) is 10.6. The van der Waals surface area contributed by atoms with E-state index in [2.05, 4.69) is 26.2 Å². The highest BCUT2D eigenvalue weighted by Crippen LogP contribution is 2.34. The third-order valence-electron chi connectivity index (χ3n) is 9.55. The molecular weight excluding hydrogens is 536 g/mol. The first kappa shape index (κ1) is 33.1. The largest absolute Gasteiger partial charge is 0.459 e. The zero-order chi connectivity index (χ0) is 30.1. The van der Waals surface area contributed by atoms with Gasteiger partial charge in [0.15, 0.2) is 0 Å². The molecule has 2 amide bonds. The van der Waals surface area contributed by atoms with Crippen LogP contribution in [0.2, 0.25) is 0 Å². The second-order valence-corrected chi connectivity index (χ2v) is 14.0. The van der Waals surface area contributed by atoms with E-state index in [1.165, 1.54) is 0 Å². The number of nitrogens with zero attached hydrogens (tertiary/aromatic N) is 1. The van der Waals surface area contributed by atoms with Crippen LogP contribution in [0.1, 0.15) is 85.0 Å². The molecule has 1 atom stereocenters. The second kappa shape index (κ2) is 15.8. The number of nitrogens with two attached hydrogens (primary N) is 1. The summed E-state index contributed by atoms with van der Waals surface area (Å²) < 4.78 is 11.5. The topological polar surface area (TPSA) is 147 Å². The third-order valence-corrected chi connectivity index (χ3v) is 9.55. The minimum absolute atomic E-state index is 0.00992. The van der Waals surface area contributed by atoms with E-state index in [0.29, 0.717) is 24.0 Å². The van der Waals surface area contributed by atoms with Crippen molar-refractivity contribution >= 4 is 17.8 Å². The van der Waals surface area contributed by atoms with Gasteiger partial charge in [-0.05, 0) is 103 Å². The fourth-order valence-electron chi connectivity index (χ4n) is 7.14. The van der Waals surface area contributed by atoms with Gasteiger partial charge in [0.2, 0.25) is 11.8 Å². The first-order valence-corrected chi connectivity index (χ1v) is 16.4. The molecule has 2 aliphatic heterocycles. The first-order chi connectivity index (χ1) is 20.1. The molecule has 240 valence electrons. The Hall–Kier alpha value is -1.79. The van der Waals surface area contributed by atoms with Gasteiger partial charge in [-0.25, -0.2) is 0 Å². The van der Waals surface area contributed by atoms with Crippen molar-refractivity contribution in [2.45, 2.75) is 109 Å². The number of nitrogens with one attached hydrogen (secondary N) is 4. The molecule has 2 saturated heterocycles. The van der Waals surface area contributed by atoms with Crippen molar-refractivity contribution in [2.24, 2.45) is 29.4 Å². The highest BCUT2D eigenvalue weighted by atomic mass is 16.6. The number of hydrogen-bond donors (Lipinski definition) is 5. The van der Waals surface area contributed by atoms with E-state index in [4.69, 9.17) is 15.2 Å². The van der Waals surface area contributed by atoms with Crippen molar-refractivity contribution < 1.29 is 23.9 Å². The minimum atomic E-state index is -0.543. The van der Waals surface area contributed by atoms with Crippen LogP contribution in [0.5, 0.6) is 0 Å². The van der Waals surface area contributed by atoms with Gasteiger partial charge < -0.3 is 25.4 Å². The lowest BCUT2D eigenvalue weighted by molar-refractivity contribution is -0.154. The fraction of sp³-hybridized carbons (Fsp3) is 0.903. The number of carbonyl (C=O) groups excluding carboxylic acids is 3. The Bertz CT molecular complexity index is 874. The lowest BCUT2D eigenvalue weighted by Crippen LogP contribution is -2.63. The Labute approximate surface area is 252 Å². The summed E-state index contributed by atoms with van der Waals surface area (Å²) in [5, 5.41) is 13.9. The standard InChI is InChI=1S/C31H56N6O5/c1-31(2,3)42-27(38)19-33-29(40)22-8-6-21(7-9-22)24-17-34-30(35-18-24)36-25-10-12-26(13-11-25)41-16-15-37-14-4-5-23(20-37)28(32)39/h21-26,30,34-36H,4-20H2,1-3H3,(H2,32,39)(H,33,40). The van der Waals surface area contributed by atoms with E-state index >= 15 is 0 Å². The molecule has 2 aliphatic carbocycles. The molecule has 0 aromatic rings. The maximum absolute atomic E-state index is 12.6. The number of piperidine rings is 1. The zero-order valence-corrected chi connectivity index (χ0v) is 26.1. The average molecular weight is 593 g/mol. The number of rotatable bonds is 11. The Morgan fingerprint density at radius 1 is 0.905 bits per heavy atom. The van der Waals surface area contributed by atoms with E-state index in [1.54, 1.807) is 0 Å². The Balaban J connectivity index is 1.04. The van der Waals surface area contributed by atoms with Crippen molar-refractivity contribution in [2.75, 3.05) is 45.9 Å². The summed E-state index contributed by atoms with van der Waals surface area (Å²) in [5.74, 6) is 0.565. The molecule has 11 nitrogen and oxygen atoms in total. The summed E-state index contributed by atoms with van der Waals surface area (Å²) in [7, 11) is 0. The number of esters is 1. The monoisotopic (exact) mass is 592 g/mol. The van der Waals surface area contributed by atoms with Crippen molar-refractivity contribution in [3.63, 3.8) is 0 Å². The summed E-state index contributed by atoms with van der Waals surface area (Å²) in [4.78, 5) is 38.3. The van der Waals surface area contributed by atoms with Gasteiger partial charge >= 0.3 is 5.97 Å². The first-order valence-electron chi connectivity index (χ1n) is 16.4. The van der Waals surface area contributed by atoms with Crippen molar-refractivity contribution in [1.82, 2.24) is 26.2 Å². The lowest BCUT2D eigenvalue weighted by atomic mass is 9.75. The van der Waals surface area contributed by atoms with Crippen LogP contribution in [0, 0.1) is 23.7 Å². The van der Waals surface area contributed by atoms with Crippen LogP contribution in [0.4, 0.5) is 0 Å². The highest BCUT2D eigenvalue weighted by molar-refractivity contribution is 5.83. The molecule has 4 aliphatic rings. The van der Waals surface area contributed by atoms with Gasteiger partial charge in [-0.15, -0.1) is 0 Å². The molecule has 0 bridgehead atoms. The molecule has 2 heterocycles. The van der Waals surface area contributed by atoms with Crippen LogP contribution in [-0.4, -0.2) is 92.6 Å². The van der Waals surface area contributed by atoms with Gasteiger partial charge in [0, 0.05) is 38.1 Å². The van der Waals surface area contributed by atoms with E-state index < -0.39 is 11.6 Å². The Morgan fingerprint density at radius 3 is 2.24 bits per heavy atom. The van der Waals surface area contributed by atoms with Crippen LogP contribution >= 0.6 is 0 Å². The second-order valence-electron chi connectivity index (χ2n) is 14.0. The smallest absolute Gasteiger partial charge is 0.325 e. The number of likely N-dealkylation sites (tertiary alicyclic amines) is 1. The van der Waals surface area contributed by atoms with Gasteiger partial charge in [0.1, 0.15) is 18.4 Å². The summed E-state index contributed by atoms with van der Waals surface area (Å²) in [6, 6.07) is 0.486. The molecule has 1 unspecified atom stereocenters. The number of ether oxygens (including phenoxy) is 2. The molecule has 0 aromatic carbocycles. The molecule has 2 saturated carbocycles. The summed E-state index contributed by atoms with van der Waals surface area (Å²) in [6.45, 7) is 10.8.